The van der Waals surface area contributed by atoms with Gasteiger partial charge in [0, 0.05) is 80.0 Å². The molecule has 35 nitrogen and oxygen atoms in total. The summed E-state index contributed by atoms with van der Waals surface area (Å²) in [4.78, 5) is 51.5. The highest BCUT2D eigenvalue weighted by Gasteiger charge is 2.23. The summed E-state index contributed by atoms with van der Waals surface area (Å²) in [7, 11) is 9.59. The molecule has 0 radical (unpaired) electrons. The standard InChI is InChI=1S/C16H25N5O2.C15H23N5O2.2C14H21N5O2.C13H19N5O2/c1-11-10-17-15(20(2)3)19-16(18-11)21(4)9-8-12-6-5-7-13(22)14(12)23;1-9-10(2)18-15(19-14(16)17-9)20(3)8-7-11-5-4-6-12(21)13(11)22;1-9-8-16-13(15)18-14(17-9)19(2)7-6-10-4-3-5-11(20)12(10)21;1-8-9(2)18-14(19-13(15)17-8)16-7-6-10-4-3-5-11(20)12(10)21;1-8-7-16-12(14)18-13(17-8)15-6-5-9-3-2-4-10(19)11(9)20/h5-7,11,22-23H,8-10H2,1-4H3,(H,17,18,19);4-6,9-10,21-22H,7-8H2,1-3H3,(H3,16,17,18,19);3-5,9,20-21H,6-8H2,1-2H3,(H3,15,16,17,18);3-5,8-9,20-21H,6-7H2,1-2H3,(H4,15,16,17,18,19);2-4,8,19-20H,5-7H2,1H3,(H4,14,15,16,17,18). The van der Waals surface area contributed by atoms with E-state index in [1.807, 2.05) is 103 Å². The third-order valence-corrected chi connectivity index (χ3v) is 17.1. The zero-order valence-electron chi connectivity index (χ0n) is 62.9. The second-order valence-electron chi connectivity index (χ2n) is 26.3. The quantitative estimate of drug-likeness (QED) is 0.0665. The van der Waals surface area contributed by atoms with Gasteiger partial charge in [-0.05, 0) is 139 Å². The van der Waals surface area contributed by atoms with Crippen molar-refractivity contribution in [3.8, 4) is 57.5 Å². The van der Waals surface area contributed by atoms with Gasteiger partial charge in [-0.2, -0.15) is 0 Å². The van der Waals surface area contributed by atoms with Crippen LogP contribution in [0.1, 0.15) is 76.3 Å². The van der Waals surface area contributed by atoms with Crippen LogP contribution in [0.25, 0.3) is 0 Å². The first-order chi connectivity index (χ1) is 50.8. The van der Waals surface area contributed by atoms with Crippen molar-refractivity contribution in [3.63, 3.8) is 0 Å². The zero-order chi connectivity index (χ0) is 78.6. The molecule has 0 aromatic heterocycles. The van der Waals surface area contributed by atoms with Crippen LogP contribution in [0.5, 0.6) is 57.5 Å². The summed E-state index contributed by atoms with van der Waals surface area (Å²) in [6, 6.07) is 25.2. The highest BCUT2D eigenvalue weighted by atomic mass is 16.3. The predicted octanol–water partition coefficient (Wildman–Crippen LogP) is 1.87. The number of nitrogens with zero attached hydrogens (tertiary/aromatic N) is 14. The fraction of sp³-hybridized carbons (Fsp3) is 0.444. The lowest BCUT2D eigenvalue weighted by Gasteiger charge is -2.24. The topological polar surface area (TPSA) is 527 Å². The van der Waals surface area contributed by atoms with E-state index >= 15 is 0 Å². The molecule has 0 bridgehead atoms. The largest absolute Gasteiger partial charge is 0.504 e. The third-order valence-electron chi connectivity index (χ3n) is 17.1. The Morgan fingerprint density at radius 1 is 0.364 bits per heavy atom. The molecule has 7 atom stereocenters. The van der Waals surface area contributed by atoms with Gasteiger partial charge in [-0.3, -0.25) is 51.5 Å². The highest BCUT2D eigenvalue weighted by molar-refractivity contribution is 6.01. The van der Waals surface area contributed by atoms with Crippen molar-refractivity contribution in [1.82, 2.24) is 56.8 Å². The molecule has 10 rings (SSSR count). The maximum atomic E-state index is 9.88. The summed E-state index contributed by atoms with van der Waals surface area (Å²) in [6.07, 6.45) is 2.76. The first-order valence-electron chi connectivity index (χ1n) is 35.1. The summed E-state index contributed by atoms with van der Waals surface area (Å²) in [6.45, 7) is 18.5. The first-order valence-corrected chi connectivity index (χ1v) is 35.1. The van der Waals surface area contributed by atoms with E-state index in [2.05, 4.69) is 87.1 Å². The van der Waals surface area contributed by atoms with Gasteiger partial charge in [0.1, 0.15) is 0 Å². The first kappa shape index (κ1) is 83.7. The molecule has 5 aromatic carbocycles. The number of phenols is 10. The summed E-state index contributed by atoms with van der Waals surface area (Å²) in [5, 5.41) is 118. The number of aliphatic imine (C=N–C) groups is 10. The molecule has 0 aliphatic carbocycles. The van der Waals surface area contributed by atoms with Crippen LogP contribution in [0.3, 0.4) is 0 Å². The molecule has 0 saturated carbocycles. The number of para-hydroxylation sites is 5. The van der Waals surface area contributed by atoms with Crippen molar-refractivity contribution >= 4 is 59.6 Å². The summed E-state index contributed by atoms with van der Waals surface area (Å²) >= 11 is 0. The summed E-state index contributed by atoms with van der Waals surface area (Å²) in [5.74, 6) is 4.39. The van der Waals surface area contributed by atoms with E-state index in [1.54, 1.807) is 60.7 Å². The van der Waals surface area contributed by atoms with E-state index < -0.39 is 0 Å². The Kier molecular flexibility index (Phi) is 31.9. The normalized spacial score (nSPS) is 20.4. The van der Waals surface area contributed by atoms with Crippen LogP contribution < -0.4 is 60.2 Å². The fourth-order valence-corrected chi connectivity index (χ4v) is 10.3. The Morgan fingerprint density at radius 2 is 0.692 bits per heavy atom. The number of aromatic hydroxyl groups is 10. The van der Waals surface area contributed by atoms with Gasteiger partial charge >= 0.3 is 0 Å². The van der Waals surface area contributed by atoms with Gasteiger partial charge in [0.05, 0.1) is 49.8 Å². The zero-order valence-corrected chi connectivity index (χ0v) is 62.9. The average Bonchev–Trinajstić information content (AvgIpc) is 1.09. The van der Waals surface area contributed by atoms with Crippen molar-refractivity contribution in [3.05, 3.63) is 119 Å². The monoisotopic (exact) mass is 1480 g/mol. The lowest BCUT2D eigenvalue weighted by molar-refractivity contribution is 0.396. The fourth-order valence-electron chi connectivity index (χ4n) is 10.3. The second-order valence-corrected chi connectivity index (χ2v) is 26.3. The minimum Gasteiger partial charge on any atom is -0.504 e. The minimum absolute atomic E-state index is 0.0218. The predicted molar refractivity (Wildman–Crippen MR) is 423 cm³/mol. The van der Waals surface area contributed by atoms with Crippen LogP contribution in [0.15, 0.2) is 141 Å². The average molecular weight is 1480 g/mol. The van der Waals surface area contributed by atoms with Crippen LogP contribution in [0, 0.1) is 0 Å². The smallest absolute Gasteiger partial charge is 0.200 e. The Labute approximate surface area is 624 Å². The molecule has 7 unspecified atom stereocenters. The number of phenolic OH excluding ortho intramolecular Hbond substituents is 10. The molecule has 0 saturated heterocycles. The van der Waals surface area contributed by atoms with Gasteiger partial charge in [0.2, 0.25) is 17.9 Å². The molecular formula is C72H109N25O10. The summed E-state index contributed by atoms with van der Waals surface area (Å²) in [5.41, 5.74) is 26.3. The second kappa shape index (κ2) is 40.7. The molecule has 35 heteroatoms. The van der Waals surface area contributed by atoms with Gasteiger partial charge in [0.15, 0.2) is 99.2 Å². The van der Waals surface area contributed by atoms with Gasteiger partial charge in [-0.15, -0.1) is 0 Å². The van der Waals surface area contributed by atoms with E-state index in [4.69, 9.17) is 22.9 Å². The van der Waals surface area contributed by atoms with Gasteiger partial charge in [0.25, 0.3) is 0 Å². The lowest BCUT2D eigenvalue weighted by Crippen LogP contribution is -2.47. The minimum atomic E-state index is -0.121. The van der Waals surface area contributed by atoms with E-state index in [-0.39, 0.29) is 99.8 Å². The summed E-state index contributed by atoms with van der Waals surface area (Å²) < 4.78 is 0. The third kappa shape index (κ3) is 26.8. The van der Waals surface area contributed by atoms with Gasteiger partial charge in [-0.25, -0.2) is 25.0 Å². The Bertz CT molecular complexity index is 4090. The van der Waals surface area contributed by atoms with Crippen LogP contribution in [-0.2, 0) is 32.1 Å². The molecule has 5 heterocycles. The van der Waals surface area contributed by atoms with Crippen LogP contribution in [0.2, 0.25) is 0 Å². The van der Waals surface area contributed by atoms with Crippen molar-refractivity contribution in [2.45, 2.75) is 123 Å². The van der Waals surface area contributed by atoms with E-state index in [0.717, 1.165) is 11.9 Å². The Balaban J connectivity index is 0.000000209. The number of hydrogen-bond acceptors (Lipinski definition) is 31. The maximum Gasteiger partial charge on any atom is 0.200 e. The van der Waals surface area contributed by atoms with Crippen molar-refractivity contribution in [1.29, 1.82) is 0 Å². The van der Waals surface area contributed by atoms with E-state index in [9.17, 15) is 51.1 Å². The molecule has 107 heavy (non-hydrogen) atoms. The number of nitrogens with two attached hydrogens (primary N) is 4. The number of benzene rings is 5. The highest BCUT2D eigenvalue weighted by Crippen LogP contribution is 2.32. The van der Waals surface area contributed by atoms with Crippen molar-refractivity contribution in [2.75, 3.05) is 87.6 Å². The number of hydrogen-bond donors (Lipinski definition) is 21. The molecule has 582 valence electrons. The number of likely N-dealkylation sites (N-methyl/N-ethyl adjacent to an activating group) is 3. The number of nitrogens with one attached hydrogen (secondary N) is 7. The molecule has 0 amide bonds. The Hall–Kier alpha value is -12.2. The maximum absolute atomic E-state index is 9.88. The van der Waals surface area contributed by atoms with E-state index in [0.29, 0.717) is 160 Å². The Morgan fingerprint density at radius 3 is 1.12 bits per heavy atom. The van der Waals surface area contributed by atoms with Gasteiger partial charge < -0.3 is 104 Å². The van der Waals surface area contributed by atoms with Crippen LogP contribution in [0.4, 0.5) is 0 Å². The van der Waals surface area contributed by atoms with Crippen LogP contribution >= 0.6 is 0 Å². The van der Waals surface area contributed by atoms with Crippen molar-refractivity contribution in [2.24, 2.45) is 72.9 Å². The van der Waals surface area contributed by atoms with Gasteiger partial charge in [-0.1, -0.05) is 60.7 Å². The molecule has 5 aromatic rings. The molecular weight excluding hydrogens is 1370 g/mol. The molecule has 25 N–H and O–H groups in total. The number of rotatable bonds is 15. The van der Waals surface area contributed by atoms with Crippen molar-refractivity contribution < 1.29 is 51.1 Å². The molecule has 5 aliphatic rings. The van der Waals surface area contributed by atoms with E-state index in [1.165, 1.54) is 30.3 Å². The molecule has 0 spiro atoms. The SMILES string of the molecule is CC1CN=C(N(C)C)NC(N(C)CCc2cccc(O)c2O)=N1.CC1CN=C(N)NC(=NCCc2cccc(O)c2O)N1.CC1CN=C(N)NC(N(C)CCc2cccc(O)c2O)=N1.CC1N=C(N)NC(=NCCc2cccc(O)c2O)NC1C.CC1N=C(N)NC(N(C)CCc2cccc(O)c2O)=NC1C. The molecule has 5 aliphatic heterocycles. The number of guanidine groups is 10. The molecule has 0 fully saturated rings. The lowest BCUT2D eigenvalue weighted by atomic mass is 10.1. The van der Waals surface area contributed by atoms with Crippen LogP contribution in [-0.4, -0.2) is 260 Å².